The summed E-state index contributed by atoms with van der Waals surface area (Å²) in [5, 5.41) is 0.725. The van der Waals surface area contributed by atoms with Gasteiger partial charge in [0.1, 0.15) is 0 Å². The Labute approximate surface area is 199 Å². The number of esters is 1. The van der Waals surface area contributed by atoms with Crippen LogP contribution in [-0.2, 0) is 9.53 Å². The van der Waals surface area contributed by atoms with Gasteiger partial charge in [-0.3, -0.25) is 4.79 Å². The minimum Gasteiger partial charge on any atom is -0.493 e. The number of halogens is 2. The first kappa shape index (κ1) is 23.7. The number of methoxy groups -OCH3 is 1. The zero-order valence-corrected chi connectivity index (χ0v) is 18.6. The highest BCUT2D eigenvalue weighted by Crippen LogP contribution is 2.30. The highest BCUT2D eigenvalue weighted by atomic mass is 19.3. The second-order valence-electron chi connectivity index (χ2n) is 7.46. The molecule has 3 aromatic carbocycles. The van der Waals surface area contributed by atoms with Crippen molar-refractivity contribution in [3.05, 3.63) is 102 Å². The molecule has 0 spiro atoms. The number of aromatic nitrogens is 1. The number of hydrogen-bond acceptors (Lipinski definition) is 5. The van der Waals surface area contributed by atoms with Crippen LogP contribution >= 0.6 is 0 Å². The summed E-state index contributed by atoms with van der Waals surface area (Å²) in [7, 11) is 1.32. The third kappa shape index (κ3) is 5.55. The molecule has 178 valence electrons. The molecule has 1 atom stereocenters. The van der Waals surface area contributed by atoms with Crippen LogP contribution in [0.5, 0.6) is 11.5 Å². The number of H-pyrrole nitrogens is 1. The smallest absolute Gasteiger partial charge is 0.387 e. The van der Waals surface area contributed by atoms with Crippen LogP contribution < -0.4 is 9.47 Å². The van der Waals surface area contributed by atoms with Gasteiger partial charge in [0.05, 0.1) is 7.11 Å². The van der Waals surface area contributed by atoms with Crippen molar-refractivity contribution in [2.75, 3.05) is 7.11 Å². The van der Waals surface area contributed by atoms with Gasteiger partial charge in [-0.15, -0.1) is 0 Å². The van der Waals surface area contributed by atoms with Crippen LogP contribution in [0.3, 0.4) is 0 Å². The Bertz CT molecular complexity index is 1360. The molecule has 1 unspecified atom stereocenters. The zero-order chi connectivity index (χ0) is 24.8. The number of benzene rings is 3. The largest absolute Gasteiger partial charge is 0.493 e. The van der Waals surface area contributed by atoms with E-state index in [4.69, 9.17) is 9.47 Å². The predicted molar refractivity (Wildman–Crippen MR) is 127 cm³/mol. The molecule has 4 rings (SSSR count). The van der Waals surface area contributed by atoms with Gasteiger partial charge in [0.15, 0.2) is 17.6 Å². The lowest BCUT2D eigenvalue weighted by Crippen LogP contribution is -2.19. The fourth-order valence-corrected chi connectivity index (χ4v) is 3.62. The van der Waals surface area contributed by atoms with E-state index in [0.29, 0.717) is 16.7 Å². The summed E-state index contributed by atoms with van der Waals surface area (Å²) in [5.74, 6) is -1.17. The van der Waals surface area contributed by atoms with Gasteiger partial charge in [-0.1, -0.05) is 54.6 Å². The van der Waals surface area contributed by atoms with Crippen molar-refractivity contribution < 1.29 is 32.6 Å². The van der Waals surface area contributed by atoms with E-state index in [1.807, 2.05) is 24.3 Å². The number of carbonyl (C=O) groups is 2. The maximum absolute atomic E-state index is 13.4. The van der Waals surface area contributed by atoms with Crippen molar-refractivity contribution in [3.63, 3.8) is 0 Å². The predicted octanol–water partition coefficient (Wildman–Crippen LogP) is 5.96. The average molecular weight is 477 g/mol. The lowest BCUT2D eigenvalue weighted by atomic mass is 9.99. The topological polar surface area (TPSA) is 77.6 Å². The number of alkyl halides is 2. The second kappa shape index (κ2) is 10.6. The minimum atomic E-state index is -3.00. The number of rotatable bonds is 9. The van der Waals surface area contributed by atoms with Gasteiger partial charge in [0.25, 0.3) is 0 Å². The van der Waals surface area contributed by atoms with E-state index in [1.165, 1.54) is 31.4 Å². The van der Waals surface area contributed by atoms with E-state index >= 15 is 0 Å². The van der Waals surface area contributed by atoms with Gasteiger partial charge < -0.3 is 19.2 Å². The Hall–Kier alpha value is -4.46. The van der Waals surface area contributed by atoms with Gasteiger partial charge in [-0.05, 0) is 29.8 Å². The van der Waals surface area contributed by atoms with E-state index in [2.05, 4.69) is 9.72 Å². The maximum Gasteiger partial charge on any atom is 0.387 e. The fourth-order valence-electron chi connectivity index (χ4n) is 3.62. The summed E-state index contributed by atoms with van der Waals surface area (Å²) in [6, 6.07) is 20.3. The molecule has 0 saturated carbocycles. The Morgan fingerprint density at radius 3 is 2.43 bits per heavy atom. The lowest BCUT2D eigenvalue weighted by molar-refractivity contribution is -0.141. The molecule has 0 amide bonds. The quantitative estimate of drug-likeness (QED) is 0.183. The molecule has 0 aliphatic carbocycles. The number of para-hydroxylation sites is 1. The number of aromatic amines is 1. The number of ketones is 1. The SMILES string of the molecule is COc1cc(C=CC(=O)OC(C(=O)c2c[nH]c3ccccc23)c2ccccc2)ccc1OC(F)F. The molecular weight excluding hydrogens is 456 g/mol. The van der Waals surface area contributed by atoms with Crippen molar-refractivity contribution in [2.45, 2.75) is 12.7 Å². The molecule has 0 fully saturated rings. The van der Waals surface area contributed by atoms with Crippen molar-refractivity contribution in [3.8, 4) is 11.5 Å². The summed E-state index contributed by atoms with van der Waals surface area (Å²) < 4.78 is 40.1. The molecule has 0 aliphatic heterocycles. The number of carbonyl (C=O) groups excluding carboxylic acids is 2. The number of fused-ring (bicyclic) bond motifs is 1. The van der Waals surface area contributed by atoms with Crippen LogP contribution in [-0.4, -0.2) is 30.5 Å². The van der Waals surface area contributed by atoms with Gasteiger partial charge in [-0.25, -0.2) is 4.79 Å². The molecule has 1 aromatic heterocycles. The van der Waals surface area contributed by atoms with Crippen molar-refractivity contribution in [2.24, 2.45) is 0 Å². The third-order valence-electron chi connectivity index (χ3n) is 5.24. The normalized spacial score (nSPS) is 12.1. The molecule has 0 aliphatic rings. The number of Topliss-reactive ketones (excluding diaryl/α,β-unsaturated/α-hetero) is 1. The minimum absolute atomic E-state index is 0.0810. The molecule has 8 heteroatoms. The summed E-state index contributed by atoms with van der Waals surface area (Å²) >= 11 is 0. The van der Waals surface area contributed by atoms with E-state index < -0.39 is 18.7 Å². The van der Waals surface area contributed by atoms with Crippen molar-refractivity contribution >= 4 is 28.7 Å². The van der Waals surface area contributed by atoms with E-state index in [1.54, 1.807) is 36.5 Å². The standard InChI is InChI=1S/C27H21F2NO5/c1-33-23-15-17(11-13-22(23)34-27(28)29)12-14-24(31)35-26(18-7-3-2-4-8-18)25(32)20-16-30-21-10-6-5-9-19(20)21/h2-16,26-27,30H,1H3. The second-order valence-corrected chi connectivity index (χ2v) is 7.46. The molecule has 0 saturated heterocycles. The zero-order valence-electron chi connectivity index (χ0n) is 18.6. The first-order valence-electron chi connectivity index (χ1n) is 10.6. The van der Waals surface area contributed by atoms with Crippen molar-refractivity contribution in [1.29, 1.82) is 0 Å². The summed E-state index contributed by atoms with van der Waals surface area (Å²) in [6.45, 7) is -3.00. The van der Waals surface area contributed by atoms with Crippen molar-refractivity contribution in [1.82, 2.24) is 4.98 Å². The summed E-state index contributed by atoms with van der Waals surface area (Å²) in [6.07, 6.45) is 3.02. The van der Waals surface area contributed by atoms with E-state index in [-0.39, 0.29) is 17.3 Å². The average Bonchev–Trinajstić information content (AvgIpc) is 3.30. The van der Waals surface area contributed by atoms with Crippen LogP contribution in [0.1, 0.15) is 27.6 Å². The summed E-state index contributed by atoms with van der Waals surface area (Å²) in [4.78, 5) is 29.2. The molecular formula is C27H21F2NO5. The van der Waals surface area contributed by atoms with E-state index in [9.17, 15) is 18.4 Å². The van der Waals surface area contributed by atoms with Gasteiger partial charge in [0, 0.05) is 34.3 Å². The van der Waals surface area contributed by atoms with Crippen LogP contribution in [0.15, 0.2) is 85.1 Å². The lowest BCUT2D eigenvalue weighted by Gasteiger charge is -2.16. The Kier molecular flexibility index (Phi) is 7.21. The maximum atomic E-state index is 13.4. The fraction of sp³-hybridized carbons (Fsp3) is 0.111. The molecule has 4 aromatic rings. The highest BCUT2D eigenvalue weighted by molar-refractivity contribution is 6.10. The highest BCUT2D eigenvalue weighted by Gasteiger charge is 2.27. The van der Waals surface area contributed by atoms with Crippen LogP contribution in [0.25, 0.3) is 17.0 Å². The molecule has 0 bridgehead atoms. The molecule has 1 N–H and O–H groups in total. The first-order chi connectivity index (χ1) is 17.0. The molecule has 6 nitrogen and oxygen atoms in total. The molecule has 35 heavy (non-hydrogen) atoms. The van der Waals surface area contributed by atoms with Gasteiger partial charge in [0.2, 0.25) is 5.78 Å². The first-order valence-corrected chi connectivity index (χ1v) is 10.6. The van der Waals surface area contributed by atoms with Gasteiger partial charge in [-0.2, -0.15) is 8.78 Å². The van der Waals surface area contributed by atoms with Gasteiger partial charge >= 0.3 is 12.6 Å². The molecule has 0 radical (unpaired) electrons. The monoisotopic (exact) mass is 477 g/mol. The Morgan fingerprint density at radius 2 is 1.69 bits per heavy atom. The van der Waals surface area contributed by atoms with Crippen LogP contribution in [0.2, 0.25) is 0 Å². The van der Waals surface area contributed by atoms with E-state index in [0.717, 1.165) is 17.0 Å². The van der Waals surface area contributed by atoms with Crippen LogP contribution in [0, 0.1) is 0 Å². The number of nitrogens with one attached hydrogen (secondary N) is 1. The number of hydrogen-bond donors (Lipinski definition) is 1. The number of ether oxygens (including phenoxy) is 3. The summed E-state index contributed by atoms with van der Waals surface area (Å²) in [5.41, 5.74) is 2.21. The molecule has 1 heterocycles. The Balaban J connectivity index is 1.56. The Morgan fingerprint density at radius 1 is 0.943 bits per heavy atom. The third-order valence-corrected chi connectivity index (χ3v) is 5.24. The van der Waals surface area contributed by atoms with Crippen LogP contribution in [0.4, 0.5) is 8.78 Å².